The Bertz CT molecular complexity index is 1250. The Balaban J connectivity index is 1.99. The third-order valence-electron chi connectivity index (χ3n) is 4.89. The van der Waals surface area contributed by atoms with Crippen LogP contribution in [-0.2, 0) is 11.8 Å². The van der Waals surface area contributed by atoms with Crippen molar-refractivity contribution in [2.45, 2.75) is 6.92 Å². The van der Waals surface area contributed by atoms with E-state index in [1.54, 1.807) is 49.0 Å². The number of nitrogens with one attached hydrogen (secondary N) is 1. The zero-order chi connectivity index (χ0) is 22.5. The lowest BCUT2D eigenvalue weighted by molar-refractivity contribution is -0.112. The van der Waals surface area contributed by atoms with Gasteiger partial charge in [-0.15, -0.1) is 0 Å². The van der Waals surface area contributed by atoms with Crippen molar-refractivity contribution >= 4 is 17.7 Å². The number of benzene rings is 2. The zero-order valence-corrected chi connectivity index (χ0v) is 17.7. The standard InChI is InChI=1S/C23H22N4O4/c1-15-20(23(29)27(26(15)2)18-10-6-5-7-11-18)25-22(28)17(14-24)13-16-9-8-12-19(30-3)21(16)31-4/h5-13H,1-4H3,(H,25,28)/b17-13+. The van der Waals surface area contributed by atoms with Crippen molar-refractivity contribution in [3.05, 3.63) is 75.7 Å². The summed E-state index contributed by atoms with van der Waals surface area (Å²) in [6.45, 7) is 1.72. The first-order valence-electron chi connectivity index (χ1n) is 9.41. The monoisotopic (exact) mass is 418 g/mol. The fourth-order valence-electron chi connectivity index (χ4n) is 3.22. The summed E-state index contributed by atoms with van der Waals surface area (Å²) in [5.74, 6) is 0.171. The number of rotatable bonds is 6. The van der Waals surface area contributed by atoms with Gasteiger partial charge in [0, 0.05) is 12.6 Å². The number of aromatic nitrogens is 2. The number of hydrogen-bond acceptors (Lipinski definition) is 5. The van der Waals surface area contributed by atoms with Gasteiger partial charge in [-0.05, 0) is 31.2 Å². The van der Waals surface area contributed by atoms with Crippen LogP contribution in [0.5, 0.6) is 11.5 Å². The number of methoxy groups -OCH3 is 2. The quantitative estimate of drug-likeness (QED) is 0.490. The molecule has 1 N–H and O–H groups in total. The van der Waals surface area contributed by atoms with Crippen LogP contribution in [0.25, 0.3) is 11.8 Å². The van der Waals surface area contributed by atoms with E-state index in [9.17, 15) is 14.9 Å². The first-order chi connectivity index (χ1) is 14.9. The van der Waals surface area contributed by atoms with Crippen molar-refractivity contribution in [2.24, 2.45) is 7.05 Å². The second kappa shape index (κ2) is 9.05. The number of nitrogens with zero attached hydrogens (tertiary/aromatic N) is 3. The van der Waals surface area contributed by atoms with Crippen molar-refractivity contribution in [3.8, 4) is 23.3 Å². The molecule has 0 fully saturated rings. The molecule has 8 nitrogen and oxygen atoms in total. The predicted molar refractivity (Wildman–Crippen MR) is 118 cm³/mol. The molecule has 31 heavy (non-hydrogen) atoms. The van der Waals surface area contributed by atoms with Gasteiger partial charge in [0.1, 0.15) is 17.3 Å². The normalized spacial score (nSPS) is 11.0. The molecule has 0 aliphatic carbocycles. The Morgan fingerprint density at radius 2 is 1.81 bits per heavy atom. The van der Waals surface area contributed by atoms with Crippen LogP contribution in [0.3, 0.4) is 0 Å². The lowest BCUT2D eigenvalue weighted by atomic mass is 10.1. The minimum Gasteiger partial charge on any atom is -0.493 e. The van der Waals surface area contributed by atoms with Gasteiger partial charge in [0.25, 0.3) is 11.5 Å². The summed E-state index contributed by atoms with van der Waals surface area (Å²) in [7, 11) is 4.70. The van der Waals surface area contributed by atoms with E-state index in [0.29, 0.717) is 28.4 Å². The smallest absolute Gasteiger partial charge is 0.295 e. The second-order valence-electron chi connectivity index (χ2n) is 6.64. The van der Waals surface area contributed by atoms with Crippen LogP contribution >= 0.6 is 0 Å². The number of hydrogen-bond donors (Lipinski definition) is 1. The van der Waals surface area contributed by atoms with Crippen molar-refractivity contribution < 1.29 is 14.3 Å². The van der Waals surface area contributed by atoms with Crippen molar-refractivity contribution in [2.75, 3.05) is 19.5 Å². The highest BCUT2D eigenvalue weighted by molar-refractivity contribution is 6.10. The molecule has 2 aromatic carbocycles. The number of nitriles is 1. The molecule has 0 unspecified atom stereocenters. The maximum Gasteiger partial charge on any atom is 0.295 e. The van der Waals surface area contributed by atoms with E-state index in [1.165, 1.54) is 25.0 Å². The Morgan fingerprint density at radius 1 is 1.10 bits per heavy atom. The summed E-state index contributed by atoms with van der Waals surface area (Å²) in [5, 5.41) is 12.2. The van der Waals surface area contributed by atoms with Gasteiger partial charge in [0.05, 0.1) is 25.6 Å². The SMILES string of the molecule is COc1cccc(/C=C(\C#N)C(=O)Nc2c(C)n(C)n(-c3ccccc3)c2=O)c1OC. The molecule has 0 atom stereocenters. The van der Waals surface area contributed by atoms with Crippen LogP contribution < -0.4 is 20.3 Å². The third-order valence-corrected chi connectivity index (χ3v) is 4.89. The third kappa shape index (κ3) is 4.07. The maximum atomic E-state index is 13.0. The second-order valence-corrected chi connectivity index (χ2v) is 6.64. The van der Waals surface area contributed by atoms with Gasteiger partial charge in [-0.2, -0.15) is 5.26 Å². The van der Waals surface area contributed by atoms with Crippen LogP contribution in [0.4, 0.5) is 5.69 Å². The molecule has 158 valence electrons. The first-order valence-corrected chi connectivity index (χ1v) is 9.41. The minimum atomic E-state index is -0.696. The molecule has 0 saturated heterocycles. The largest absolute Gasteiger partial charge is 0.493 e. The van der Waals surface area contributed by atoms with Gasteiger partial charge >= 0.3 is 0 Å². The number of ether oxygens (including phenoxy) is 2. The minimum absolute atomic E-state index is 0.107. The molecule has 1 heterocycles. The molecule has 3 aromatic rings. The molecule has 8 heteroatoms. The molecule has 0 aliphatic heterocycles. The summed E-state index contributed by atoms with van der Waals surface area (Å²) in [6.07, 6.45) is 1.39. The Kier molecular flexibility index (Phi) is 6.26. The molecule has 0 radical (unpaired) electrons. The van der Waals surface area contributed by atoms with Gasteiger partial charge in [-0.1, -0.05) is 30.3 Å². The summed E-state index contributed by atoms with van der Waals surface area (Å²) in [6, 6.07) is 16.1. The Labute approximate surface area is 179 Å². The van der Waals surface area contributed by atoms with Crippen molar-refractivity contribution in [1.29, 1.82) is 5.26 Å². The lowest BCUT2D eigenvalue weighted by Crippen LogP contribution is -2.23. The van der Waals surface area contributed by atoms with E-state index in [1.807, 2.05) is 24.3 Å². The summed E-state index contributed by atoms with van der Waals surface area (Å²) in [5.41, 5.74) is 1.25. The number of carbonyl (C=O) groups excluding carboxylic acids is 1. The molecule has 3 rings (SSSR count). The van der Waals surface area contributed by atoms with E-state index in [4.69, 9.17) is 9.47 Å². The number of anilines is 1. The van der Waals surface area contributed by atoms with Gasteiger partial charge in [-0.25, -0.2) is 4.68 Å². The number of amides is 1. The summed E-state index contributed by atoms with van der Waals surface area (Å²) in [4.78, 5) is 25.8. The highest BCUT2D eigenvalue weighted by Gasteiger charge is 2.20. The highest BCUT2D eigenvalue weighted by atomic mass is 16.5. The zero-order valence-electron chi connectivity index (χ0n) is 17.7. The molecule has 0 aliphatic rings. The molecule has 0 spiro atoms. The van der Waals surface area contributed by atoms with Crippen LogP contribution in [0.2, 0.25) is 0 Å². The Hall–Kier alpha value is -4.25. The van der Waals surface area contributed by atoms with Gasteiger partial charge in [-0.3, -0.25) is 14.3 Å². The molecule has 0 saturated carbocycles. The number of carbonyl (C=O) groups is 1. The summed E-state index contributed by atoms with van der Waals surface area (Å²) >= 11 is 0. The van der Waals surface area contributed by atoms with Crippen LogP contribution in [0, 0.1) is 18.3 Å². The van der Waals surface area contributed by atoms with Gasteiger partial charge < -0.3 is 14.8 Å². The predicted octanol–water partition coefficient (Wildman–Crippen LogP) is 3.05. The fraction of sp³-hybridized carbons (Fsp3) is 0.174. The average molecular weight is 418 g/mol. The van der Waals surface area contributed by atoms with Crippen LogP contribution in [-0.4, -0.2) is 29.5 Å². The Morgan fingerprint density at radius 3 is 2.42 bits per heavy atom. The topological polar surface area (TPSA) is 98.3 Å². The van der Waals surface area contributed by atoms with Crippen LogP contribution in [0.1, 0.15) is 11.3 Å². The van der Waals surface area contributed by atoms with Crippen molar-refractivity contribution in [3.63, 3.8) is 0 Å². The van der Waals surface area contributed by atoms with Gasteiger partial charge in [0.2, 0.25) is 0 Å². The lowest BCUT2D eigenvalue weighted by Gasteiger charge is -2.10. The van der Waals surface area contributed by atoms with E-state index in [0.717, 1.165) is 0 Å². The molecular formula is C23H22N4O4. The molecule has 0 bridgehead atoms. The highest BCUT2D eigenvalue weighted by Crippen LogP contribution is 2.32. The van der Waals surface area contributed by atoms with Gasteiger partial charge in [0.15, 0.2) is 11.5 Å². The number of para-hydroxylation sites is 2. The van der Waals surface area contributed by atoms with E-state index in [-0.39, 0.29) is 11.3 Å². The van der Waals surface area contributed by atoms with Crippen LogP contribution in [0.15, 0.2) is 58.9 Å². The molecule has 1 amide bonds. The van der Waals surface area contributed by atoms with E-state index >= 15 is 0 Å². The maximum absolute atomic E-state index is 13.0. The fourth-order valence-corrected chi connectivity index (χ4v) is 3.22. The van der Waals surface area contributed by atoms with Crippen molar-refractivity contribution in [1.82, 2.24) is 9.36 Å². The molecular weight excluding hydrogens is 396 g/mol. The first kappa shape index (κ1) is 21.5. The molecule has 1 aromatic heterocycles. The van der Waals surface area contributed by atoms with E-state index < -0.39 is 11.5 Å². The summed E-state index contributed by atoms with van der Waals surface area (Å²) < 4.78 is 13.7. The average Bonchev–Trinajstić information content (AvgIpc) is 3.00. The van der Waals surface area contributed by atoms with E-state index in [2.05, 4.69) is 5.32 Å².